The van der Waals surface area contributed by atoms with Gasteiger partial charge in [0.05, 0.1) is 13.1 Å². The maximum absolute atomic E-state index is 11.9. The van der Waals surface area contributed by atoms with E-state index in [1.165, 1.54) is 0 Å². The van der Waals surface area contributed by atoms with E-state index in [9.17, 15) is 9.59 Å². The number of pyridine rings is 4. The van der Waals surface area contributed by atoms with Gasteiger partial charge in [-0.1, -0.05) is 24.3 Å². The topological polar surface area (TPSA) is 140 Å². The zero-order valence-corrected chi connectivity index (χ0v) is 30.4. The highest BCUT2D eigenvalue weighted by molar-refractivity contribution is 5.93. The molecule has 0 spiro atoms. The summed E-state index contributed by atoms with van der Waals surface area (Å²) in [4.78, 5) is 45.8. The van der Waals surface area contributed by atoms with Crippen LogP contribution in [0.1, 0.15) is 22.3 Å². The first kappa shape index (κ1) is 35.8. The van der Waals surface area contributed by atoms with E-state index in [2.05, 4.69) is 69.3 Å². The quantitative estimate of drug-likeness (QED) is 0.119. The second kappa shape index (κ2) is 15.9. The standard InChI is InChI=1S/C40H44N10O2/c1-25-31(9-7-11-33(25)47-39-37-29(13-15-43-39)17-27(21-45-37)19-41-23-35(51)49(3)4)32-10-8-12-34(26(32)2)48-40-38-30(14-16-44-40)18-28(22-46-38)20-42-24-36(52)50(5)6/h7-18,21-22,41-42H,19-20,23-24H2,1-6H3,(H,43,47)(H,44,48). The summed E-state index contributed by atoms with van der Waals surface area (Å²) >= 11 is 0. The number of hydrogen-bond acceptors (Lipinski definition) is 10. The van der Waals surface area contributed by atoms with Crippen molar-refractivity contribution in [3.8, 4) is 11.1 Å². The molecule has 2 aromatic carbocycles. The lowest BCUT2D eigenvalue weighted by Crippen LogP contribution is -2.32. The molecule has 2 amide bonds. The molecule has 0 saturated carbocycles. The van der Waals surface area contributed by atoms with E-state index in [4.69, 9.17) is 9.97 Å². The molecule has 0 radical (unpaired) electrons. The molecule has 0 fully saturated rings. The summed E-state index contributed by atoms with van der Waals surface area (Å²) in [5, 5.41) is 15.4. The smallest absolute Gasteiger partial charge is 0.236 e. The maximum Gasteiger partial charge on any atom is 0.236 e. The van der Waals surface area contributed by atoms with E-state index in [0.29, 0.717) is 24.7 Å². The van der Waals surface area contributed by atoms with Gasteiger partial charge in [-0.2, -0.15) is 0 Å². The number of benzene rings is 2. The Morgan fingerprint density at radius 2 is 1.02 bits per heavy atom. The monoisotopic (exact) mass is 696 g/mol. The fraction of sp³-hybridized carbons (Fsp3) is 0.250. The third-order valence-corrected chi connectivity index (χ3v) is 8.98. The van der Waals surface area contributed by atoms with Crippen molar-refractivity contribution in [2.75, 3.05) is 51.9 Å². The van der Waals surface area contributed by atoms with Gasteiger partial charge in [0.25, 0.3) is 0 Å². The van der Waals surface area contributed by atoms with Crippen LogP contribution < -0.4 is 21.3 Å². The predicted octanol–water partition coefficient (Wildman–Crippen LogP) is 5.70. The molecule has 12 nitrogen and oxygen atoms in total. The molecule has 0 unspecified atom stereocenters. The van der Waals surface area contributed by atoms with Gasteiger partial charge in [-0.15, -0.1) is 0 Å². The molecule has 12 heteroatoms. The number of anilines is 4. The maximum atomic E-state index is 11.9. The largest absolute Gasteiger partial charge is 0.348 e. The summed E-state index contributed by atoms with van der Waals surface area (Å²) in [6.07, 6.45) is 7.20. The Morgan fingerprint density at radius 1 is 0.596 bits per heavy atom. The number of amides is 2. The van der Waals surface area contributed by atoms with Crippen LogP contribution in [0.5, 0.6) is 0 Å². The van der Waals surface area contributed by atoms with Gasteiger partial charge in [0.1, 0.15) is 11.0 Å². The third kappa shape index (κ3) is 8.14. The molecular formula is C40H44N10O2. The van der Waals surface area contributed by atoms with E-state index in [-0.39, 0.29) is 24.9 Å². The van der Waals surface area contributed by atoms with E-state index in [1.807, 2.05) is 48.8 Å². The van der Waals surface area contributed by atoms with Crippen LogP contribution in [-0.4, -0.2) is 82.8 Å². The Balaban J connectivity index is 1.20. The number of aromatic nitrogens is 4. The molecule has 0 saturated heterocycles. The number of carbonyl (C=O) groups excluding carboxylic acids is 2. The number of rotatable bonds is 13. The molecule has 0 aliphatic carbocycles. The van der Waals surface area contributed by atoms with Gasteiger partial charge in [0.15, 0.2) is 11.6 Å². The van der Waals surface area contributed by atoms with Gasteiger partial charge >= 0.3 is 0 Å². The zero-order chi connectivity index (χ0) is 36.8. The number of fused-ring (bicyclic) bond motifs is 2. The molecule has 4 aromatic heterocycles. The van der Waals surface area contributed by atoms with Crippen molar-refractivity contribution >= 4 is 56.6 Å². The van der Waals surface area contributed by atoms with Crippen molar-refractivity contribution in [2.24, 2.45) is 0 Å². The highest BCUT2D eigenvalue weighted by Gasteiger charge is 2.15. The number of likely N-dealkylation sites (N-methyl/N-ethyl adjacent to an activating group) is 2. The summed E-state index contributed by atoms with van der Waals surface area (Å²) in [7, 11) is 6.98. The lowest BCUT2D eigenvalue weighted by atomic mass is 9.94. The molecule has 6 rings (SSSR count). The Bertz CT molecular complexity index is 2090. The Morgan fingerprint density at radius 3 is 1.42 bits per heavy atom. The van der Waals surface area contributed by atoms with Crippen molar-refractivity contribution < 1.29 is 9.59 Å². The molecule has 4 N–H and O–H groups in total. The van der Waals surface area contributed by atoms with Crippen LogP contribution in [0.25, 0.3) is 32.9 Å². The van der Waals surface area contributed by atoms with E-state index in [1.54, 1.807) is 50.4 Å². The molecule has 0 aliphatic rings. The summed E-state index contributed by atoms with van der Waals surface area (Å²) in [6.45, 7) is 5.81. The first-order valence-electron chi connectivity index (χ1n) is 17.1. The second-order valence-electron chi connectivity index (χ2n) is 13.1. The van der Waals surface area contributed by atoms with Gasteiger partial charge in [0, 0.05) is 88.2 Å². The molecule has 52 heavy (non-hydrogen) atoms. The van der Waals surface area contributed by atoms with Crippen LogP contribution in [0.3, 0.4) is 0 Å². The van der Waals surface area contributed by atoms with Crippen molar-refractivity contribution in [1.29, 1.82) is 0 Å². The zero-order valence-electron chi connectivity index (χ0n) is 30.4. The number of hydrogen-bond donors (Lipinski definition) is 4. The highest BCUT2D eigenvalue weighted by Crippen LogP contribution is 2.36. The molecule has 6 aromatic rings. The van der Waals surface area contributed by atoms with Gasteiger partial charge in [0.2, 0.25) is 11.8 Å². The van der Waals surface area contributed by atoms with Crippen LogP contribution in [0, 0.1) is 13.8 Å². The van der Waals surface area contributed by atoms with Crippen LogP contribution in [0.4, 0.5) is 23.0 Å². The van der Waals surface area contributed by atoms with Crippen molar-refractivity contribution in [2.45, 2.75) is 26.9 Å². The minimum absolute atomic E-state index is 0.0230. The lowest BCUT2D eigenvalue weighted by molar-refractivity contribution is -0.128. The Kier molecular flexibility index (Phi) is 11.0. The van der Waals surface area contributed by atoms with Crippen LogP contribution >= 0.6 is 0 Å². The third-order valence-electron chi connectivity index (χ3n) is 8.98. The molecule has 4 heterocycles. The summed E-state index contributed by atoms with van der Waals surface area (Å²) in [5.74, 6) is 1.38. The van der Waals surface area contributed by atoms with Gasteiger partial charge < -0.3 is 31.1 Å². The lowest BCUT2D eigenvalue weighted by Gasteiger charge is -2.18. The second-order valence-corrected chi connectivity index (χ2v) is 13.1. The van der Waals surface area contributed by atoms with E-state index < -0.39 is 0 Å². The Labute approximate surface area is 303 Å². The minimum Gasteiger partial charge on any atom is -0.348 e. The number of carbonyl (C=O) groups is 2. The summed E-state index contributed by atoms with van der Waals surface area (Å²) in [6, 6.07) is 20.5. The molecule has 0 atom stereocenters. The normalized spacial score (nSPS) is 11.1. The summed E-state index contributed by atoms with van der Waals surface area (Å²) in [5.41, 5.74) is 9.70. The Hall–Kier alpha value is -5.98. The van der Waals surface area contributed by atoms with E-state index in [0.717, 1.165) is 66.6 Å². The van der Waals surface area contributed by atoms with Crippen LogP contribution in [0.2, 0.25) is 0 Å². The minimum atomic E-state index is 0.0230. The van der Waals surface area contributed by atoms with Crippen molar-refractivity contribution in [3.05, 3.63) is 108 Å². The molecule has 0 aliphatic heterocycles. The van der Waals surface area contributed by atoms with Crippen LogP contribution in [-0.2, 0) is 22.7 Å². The molecular weight excluding hydrogens is 653 g/mol. The van der Waals surface area contributed by atoms with Gasteiger partial charge in [-0.3, -0.25) is 19.6 Å². The first-order valence-corrected chi connectivity index (χ1v) is 17.1. The van der Waals surface area contributed by atoms with Gasteiger partial charge in [-0.25, -0.2) is 9.97 Å². The van der Waals surface area contributed by atoms with Gasteiger partial charge in [-0.05, 0) is 83.6 Å². The van der Waals surface area contributed by atoms with Crippen LogP contribution in [0.15, 0.2) is 85.5 Å². The SMILES string of the molecule is Cc1c(Nc2nccc3cc(CNCC(=O)N(C)C)cnc23)cccc1-c1cccc(Nc2nccc3cc(CNCC(=O)N(C)C)cnc23)c1C. The van der Waals surface area contributed by atoms with Crippen molar-refractivity contribution in [3.63, 3.8) is 0 Å². The fourth-order valence-electron chi connectivity index (χ4n) is 5.91. The average Bonchev–Trinajstić information content (AvgIpc) is 3.13. The fourth-order valence-corrected chi connectivity index (χ4v) is 5.91. The predicted molar refractivity (Wildman–Crippen MR) is 208 cm³/mol. The molecule has 0 bridgehead atoms. The summed E-state index contributed by atoms with van der Waals surface area (Å²) < 4.78 is 0. The average molecular weight is 697 g/mol. The number of nitrogens with one attached hydrogen (secondary N) is 4. The first-order chi connectivity index (χ1) is 25.1. The molecule has 266 valence electrons. The highest BCUT2D eigenvalue weighted by atomic mass is 16.2. The number of nitrogens with zero attached hydrogens (tertiary/aromatic N) is 6. The van der Waals surface area contributed by atoms with Crippen molar-refractivity contribution in [1.82, 2.24) is 40.4 Å². The van der Waals surface area contributed by atoms with E-state index >= 15 is 0 Å².